The van der Waals surface area contributed by atoms with Gasteiger partial charge >= 0.3 is 0 Å². The molecule has 0 amide bonds. The fourth-order valence-electron chi connectivity index (χ4n) is 1.46. The Bertz CT molecular complexity index is 677. The molecule has 0 saturated heterocycles. The molecule has 0 spiro atoms. The minimum absolute atomic E-state index is 0.1000. The lowest BCUT2D eigenvalue weighted by Gasteiger charge is -2.08. The molecule has 0 bridgehead atoms. The van der Waals surface area contributed by atoms with Gasteiger partial charge in [-0.2, -0.15) is 5.10 Å². The van der Waals surface area contributed by atoms with Crippen molar-refractivity contribution >= 4 is 15.7 Å². The third kappa shape index (κ3) is 2.68. The van der Waals surface area contributed by atoms with Crippen LogP contribution in [0.15, 0.2) is 35.5 Å². The lowest BCUT2D eigenvalue weighted by molar-refractivity contribution is 0.472. The summed E-state index contributed by atoms with van der Waals surface area (Å²) in [4.78, 5) is -0.1000. The predicted octanol–water partition coefficient (Wildman–Crippen LogP) is 1.55. The van der Waals surface area contributed by atoms with Crippen molar-refractivity contribution in [2.45, 2.75) is 18.4 Å². The highest BCUT2D eigenvalue weighted by atomic mass is 32.2. The normalized spacial score (nSPS) is 11.5. The first-order valence-electron chi connectivity index (χ1n) is 5.47. The number of sulfonamides is 1. The summed E-state index contributed by atoms with van der Waals surface area (Å²) < 4.78 is 40.9. The Hall–Kier alpha value is -2.09. The molecule has 19 heavy (non-hydrogen) atoms. The summed E-state index contributed by atoms with van der Waals surface area (Å²) in [5.74, 6) is -1.34. The van der Waals surface area contributed by atoms with E-state index in [1.54, 1.807) is 6.92 Å². The molecular formula is C11H12FN3O3S. The summed E-state index contributed by atoms with van der Waals surface area (Å²) in [6.07, 6.45) is 2.48. The van der Waals surface area contributed by atoms with Crippen molar-refractivity contribution in [2.75, 3.05) is 4.72 Å². The fraction of sp³-hybridized carbons (Fsp3) is 0.182. The van der Waals surface area contributed by atoms with Gasteiger partial charge in [-0.1, -0.05) is 6.07 Å². The van der Waals surface area contributed by atoms with Gasteiger partial charge in [0.1, 0.15) is 16.3 Å². The van der Waals surface area contributed by atoms with Crippen LogP contribution in [-0.4, -0.2) is 23.3 Å². The molecule has 0 aliphatic rings. The summed E-state index contributed by atoms with van der Waals surface area (Å²) in [5.41, 5.74) is -0.480. The summed E-state index contributed by atoms with van der Waals surface area (Å²) in [5, 5.41) is 13.3. The topological polar surface area (TPSA) is 84.2 Å². The molecule has 2 N–H and O–H groups in total. The van der Waals surface area contributed by atoms with E-state index in [0.29, 0.717) is 6.54 Å². The molecular weight excluding hydrogens is 273 g/mol. The summed E-state index contributed by atoms with van der Waals surface area (Å²) >= 11 is 0. The van der Waals surface area contributed by atoms with E-state index in [2.05, 4.69) is 5.10 Å². The SMILES string of the molecule is CCn1cc(S(=O)(=O)Nc2c(O)cccc2F)cn1. The van der Waals surface area contributed by atoms with Gasteiger partial charge in [0.25, 0.3) is 10.0 Å². The average Bonchev–Trinajstić information content (AvgIpc) is 2.83. The van der Waals surface area contributed by atoms with Crippen molar-refractivity contribution in [3.63, 3.8) is 0 Å². The van der Waals surface area contributed by atoms with Crippen molar-refractivity contribution in [3.8, 4) is 5.75 Å². The maximum absolute atomic E-state index is 13.5. The molecule has 0 atom stereocenters. The number of nitrogens with one attached hydrogen (secondary N) is 1. The number of halogens is 1. The second-order valence-corrected chi connectivity index (χ2v) is 5.45. The number of rotatable bonds is 4. The number of hydrogen-bond acceptors (Lipinski definition) is 4. The number of aromatic hydroxyl groups is 1. The zero-order valence-electron chi connectivity index (χ0n) is 10.0. The molecule has 102 valence electrons. The zero-order chi connectivity index (χ0) is 14.0. The maximum Gasteiger partial charge on any atom is 0.265 e. The van der Waals surface area contributed by atoms with E-state index in [-0.39, 0.29) is 4.90 Å². The lowest BCUT2D eigenvalue weighted by Crippen LogP contribution is -2.13. The predicted molar refractivity (Wildman–Crippen MR) is 66.8 cm³/mol. The first kappa shape index (κ1) is 13.3. The van der Waals surface area contributed by atoms with Crippen molar-refractivity contribution in [2.24, 2.45) is 0 Å². The Balaban J connectivity index is 2.36. The summed E-state index contributed by atoms with van der Waals surface area (Å²) in [7, 11) is -3.98. The molecule has 2 aromatic rings. The smallest absolute Gasteiger partial charge is 0.265 e. The molecule has 0 saturated carbocycles. The van der Waals surface area contributed by atoms with Crippen molar-refractivity contribution < 1.29 is 17.9 Å². The van der Waals surface area contributed by atoms with Crippen LogP contribution >= 0.6 is 0 Å². The van der Waals surface area contributed by atoms with E-state index >= 15 is 0 Å². The van der Waals surface area contributed by atoms with Gasteiger partial charge in [-0.3, -0.25) is 9.40 Å². The van der Waals surface area contributed by atoms with Crippen LogP contribution in [0.25, 0.3) is 0 Å². The highest BCUT2D eigenvalue weighted by molar-refractivity contribution is 7.92. The minimum Gasteiger partial charge on any atom is -0.506 e. The van der Waals surface area contributed by atoms with Crippen LogP contribution < -0.4 is 4.72 Å². The Morgan fingerprint density at radius 2 is 2.21 bits per heavy atom. The largest absolute Gasteiger partial charge is 0.506 e. The van der Waals surface area contributed by atoms with E-state index in [1.807, 2.05) is 4.72 Å². The molecule has 6 nitrogen and oxygen atoms in total. The third-order valence-electron chi connectivity index (χ3n) is 2.47. The minimum atomic E-state index is -3.98. The van der Waals surface area contributed by atoms with Gasteiger partial charge in [-0.25, -0.2) is 12.8 Å². The number of phenolic OH excluding ortho intramolecular Hbond substituents is 1. The Kier molecular flexibility index (Phi) is 3.43. The highest BCUT2D eigenvalue weighted by Gasteiger charge is 2.20. The van der Waals surface area contributed by atoms with Gasteiger partial charge in [0.05, 0.1) is 6.20 Å². The number of nitrogens with zero attached hydrogens (tertiary/aromatic N) is 2. The molecule has 0 radical (unpaired) electrons. The molecule has 0 aliphatic carbocycles. The molecule has 1 heterocycles. The van der Waals surface area contributed by atoms with E-state index < -0.39 is 27.3 Å². The van der Waals surface area contributed by atoms with Crippen LogP contribution in [0.2, 0.25) is 0 Å². The van der Waals surface area contributed by atoms with Gasteiger partial charge in [0.15, 0.2) is 5.82 Å². The monoisotopic (exact) mass is 285 g/mol. The molecule has 0 aliphatic heterocycles. The molecule has 1 aromatic carbocycles. The van der Waals surface area contributed by atoms with Crippen molar-refractivity contribution in [1.82, 2.24) is 9.78 Å². The number of anilines is 1. The van der Waals surface area contributed by atoms with Crippen molar-refractivity contribution in [1.29, 1.82) is 0 Å². The van der Waals surface area contributed by atoms with Crippen LogP contribution in [0.3, 0.4) is 0 Å². The van der Waals surface area contributed by atoms with E-state index in [4.69, 9.17) is 0 Å². The molecule has 0 fully saturated rings. The van der Waals surface area contributed by atoms with Crippen LogP contribution in [0.4, 0.5) is 10.1 Å². The van der Waals surface area contributed by atoms with Gasteiger partial charge in [0.2, 0.25) is 0 Å². The standard InChI is InChI=1S/C11H12FN3O3S/c1-2-15-7-8(6-13-15)19(17,18)14-11-9(12)4-3-5-10(11)16/h3-7,14,16H,2H2,1H3. The number of aryl methyl sites for hydroxylation is 1. The zero-order valence-corrected chi connectivity index (χ0v) is 10.9. The third-order valence-corrected chi connectivity index (χ3v) is 3.78. The number of phenols is 1. The van der Waals surface area contributed by atoms with E-state index in [0.717, 1.165) is 12.3 Å². The Morgan fingerprint density at radius 1 is 1.47 bits per heavy atom. The molecule has 0 unspecified atom stereocenters. The summed E-state index contributed by atoms with van der Waals surface area (Å²) in [6.45, 7) is 2.32. The van der Waals surface area contributed by atoms with E-state index in [1.165, 1.54) is 23.0 Å². The highest BCUT2D eigenvalue weighted by Crippen LogP contribution is 2.28. The molecule has 8 heteroatoms. The molecule has 2 rings (SSSR count). The lowest BCUT2D eigenvalue weighted by atomic mass is 10.3. The van der Waals surface area contributed by atoms with Crippen LogP contribution in [0, 0.1) is 5.82 Å². The maximum atomic E-state index is 13.5. The fourth-order valence-corrected chi connectivity index (χ4v) is 2.50. The average molecular weight is 285 g/mol. The van der Waals surface area contributed by atoms with Gasteiger partial charge in [0, 0.05) is 12.7 Å². The number of para-hydroxylation sites is 1. The van der Waals surface area contributed by atoms with Gasteiger partial charge < -0.3 is 5.11 Å². The second-order valence-electron chi connectivity index (χ2n) is 3.77. The van der Waals surface area contributed by atoms with Gasteiger partial charge in [-0.05, 0) is 19.1 Å². The Labute approximate surface area is 109 Å². The van der Waals surface area contributed by atoms with Gasteiger partial charge in [-0.15, -0.1) is 0 Å². The number of hydrogen-bond donors (Lipinski definition) is 2. The number of benzene rings is 1. The first-order valence-corrected chi connectivity index (χ1v) is 6.95. The Morgan fingerprint density at radius 3 is 2.79 bits per heavy atom. The summed E-state index contributed by atoms with van der Waals surface area (Å²) in [6, 6.07) is 3.51. The van der Waals surface area contributed by atoms with Crippen LogP contribution in [0.5, 0.6) is 5.75 Å². The van der Waals surface area contributed by atoms with E-state index in [9.17, 15) is 17.9 Å². The van der Waals surface area contributed by atoms with Crippen LogP contribution in [0.1, 0.15) is 6.92 Å². The molecule has 1 aromatic heterocycles. The second kappa shape index (κ2) is 4.88. The quantitative estimate of drug-likeness (QED) is 0.835. The first-order chi connectivity index (χ1) is 8.94. The van der Waals surface area contributed by atoms with Crippen LogP contribution in [-0.2, 0) is 16.6 Å². The number of aromatic nitrogens is 2. The van der Waals surface area contributed by atoms with Crippen molar-refractivity contribution in [3.05, 3.63) is 36.4 Å².